The molecule has 6 nitrogen and oxygen atoms in total. The number of anilines is 1. The van der Waals surface area contributed by atoms with Gasteiger partial charge in [0.2, 0.25) is 11.8 Å². The number of carbonyl (C=O) groups excluding carboxylic acids is 3. The lowest BCUT2D eigenvalue weighted by atomic mass is 10.0. The monoisotopic (exact) mass is 382 g/mol. The molecule has 2 N–H and O–H groups in total. The summed E-state index contributed by atoms with van der Waals surface area (Å²) in [5, 5.41) is 5.32. The minimum atomic E-state index is -1.83. The molecule has 2 heterocycles. The third-order valence-corrected chi connectivity index (χ3v) is 5.14. The molecular formula is C21H20FN3O3. The van der Waals surface area contributed by atoms with Crippen LogP contribution in [-0.2, 0) is 22.7 Å². The molecule has 2 aliphatic heterocycles. The van der Waals surface area contributed by atoms with Crippen molar-refractivity contribution < 1.29 is 20.1 Å². The summed E-state index contributed by atoms with van der Waals surface area (Å²) in [5.41, 5.74) is 2.76. The quantitative estimate of drug-likeness (QED) is 0.797. The maximum atomic E-state index is 14.3. The summed E-state index contributed by atoms with van der Waals surface area (Å²) in [4.78, 5) is 37.8. The fraction of sp³-hybridized carbons (Fsp3) is 0.286. The number of carbonyl (C=O) groups is 3. The number of nitrogens with one attached hydrogen (secondary N) is 2. The average Bonchev–Trinajstić information content (AvgIpc) is 3.04. The van der Waals surface area contributed by atoms with Gasteiger partial charge in [0.15, 0.2) is 0 Å². The summed E-state index contributed by atoms with van der Waals surface area (Å²) in [7, 11) is 0. The molecule has 0 spiro atoms. The summed E-state index contributed by atoms with van der Waals surface area (Å²) in [6, 6.07) is 8.47. The first-order chi connectivity index (χ1) is 13.8. The topological polar surface area (TPSA) is 78.5 Å². The van der Waals surface area contributed by atoms with Gasteiger partial charge < -0.3 is 10.2 Å². The Hall–Kier alpha value is -3.22. The normalized spacial score (nSPS) is 22.0. The summed E-state index contributed by atoms with van der Waals surface area (Å²) >= 11 is 0. The molecule has 2 aromatic carbocycles. The predicted molar refractivity (Wildman–Crippen MR) is 101 cm³/mol. The number of amides is 3. The fourth-order valence-electron chi connectivity index (χ4n) is 3.62. The van der Waals surface area contributed by atoms with Gasteiger partial charge in [-0.25, -0.2) is 4.39 Å². The number of nitrogens with zero attached hydrogens (tertiary/aromatic N) is 1. The molecule has 0 bridgehead atoms. The van der Waals surface area contributed by atoms with E-state index in [1.807, 2.05) is 0 Å². The summed E-state index contributed by atoms with van der Waals surface area (Å²) in [6.45, 7) is 2.00. The highest BCUT2D eigenvalue weighted by atomic mass is 19.1. The molecular weight excluding hydrogens is 361 g/mol. The average molecular weight is 382 g/mol. The van der Waals surface area contributed by atoms with Crippen LogP contribution in [0.4, 0.5) is 10.1 Å². The van der Waals surface area contributed by atoms with Crippen molar-refractivity contribution in [3.63, 3.8) is 0 Å². The maximum Gasteiger partial charge on any atom is 0.255 e. The molecule has 4 rings (SSSR count). The Labute approximate surface area is 163 Å². The Morgan fingerprint density at radius 3 is 2.82 bits per heavy atom. The van der Waals surface area contributed by atoms with E-state index in [0.29, 0.717) is 27.9 Å². The highest BCUT2D eigenvalue weighted by Gasteiger charge is 2.39. The molecule has 0 unspecified atom stereocenters. The second-order valence-electron chi connectivity index (χ2n) is 6.95. The Balaban J connectivity index is 1.59. The van der Waals surface area contributed by atoms with Gasteiger partial charge in [-0.05, 0) is 31.0 Å². The third kappa shape index (κ3) is 3.13. The van der Waals surface area contributed by atoms with Gasteiger partial charge in [-0.15, -0.1) is 0 Å². The Morgan fingerprint density at radius 2 is 2.04 bits per heavy atom. The Kier molecular flexibility index (Phi) is 4.27. The van der Waals surface area contributed by atoms with Crippen LogP contribution in [0.15, 0.2) is 36.4 Å². The van der Waals surface area contributed by atoms with Crippen molar-refractivity contribution in [3.8, 4) is 0 Å². The van der Waals surface area contributed by atoms with E-state index in [2.05, 4.69) is 10.6 Å². The summed E-state index contributed by atoms with van der Waals surface area (Å²) in [6.07, 6.45) is -0.0399. The van der Waals surface area contributed by atoms with Crippen molar-refractivity contribution >= 4 is 23.4 Å². The first-order valence-corrected chi connectivity index (χ1v) is 9.07. The van der Waals surface area contributed by atoms with Crippen LogP contribution in [0.25, 0.3) is 0 Å². The van der Waals surface area contributed by atoms with E-state index in [4.69, 9.17) is 1.37 Å². The van der Waals surface area contributed by atoms with Gasteiger partial charge in [-0.3, -0.25) is 19.7 Å². The molecule has 1 atom stereocenters. The molecule has 0 saturated carbocycles. The van der Waals surface area contributed by atoms with Crippen molar-refractivity contribution in [2.75, 3.05) is 5.32 Å². The first kappa shape index (κ1) is 16.9. The molecule has 7 heteroatoms. The molecule has 0 radical (unpaired) electrons. The van der Waals surface area contributed by atoms with Gasteiger partial charge in [0.25, 0.3) is 5.91 Å². The second kappa shape index (κ2) is 7.07. The van der Waals surface area contributed by atoms with Crippen LogP contribution in [0.1, 0.15) is 41.3 Å². The van der Waals surface area contributed by atoms with E-state index in [-0.39, 0.29) is 31.7 Å². The molecule has 28 heavy (non-hydrogen) atoms. The molecule has 2 aromatic rings. The van der Waals surface area contributed by atoms with Gasteiger partial charge in [0.1, 0.15) is 11.8 Å². The van der Waals surface area contributed by atoms with Crippen LogP contribution in [0, 0.1) is 12.7 Å². The number of hydrogen-bond acceptors (Lipinski definition) is 4. The molecule has 1 saturated heterocycles. The highest BCUT2D eigenvalue weighted by molar-refractivity contribution is 6.06. The number of halogens is 1. The van der Waals surface area contributed by atoms with Gasteiger partial charge in [0, 0.05) is 41.9 Å². The zero-order chi connectivity index (χ0) is 20.8. The lowest BCUT2D eigenvalue weighted by molar-refractivity contribution is -0.136. The largest absolute Gasteiger partial charge is 0.381 e. The van der Waals surface area contributed by atoms with E-state index in [1.165, 1.54) is 4.90 Å². The van der Waals surface area contributed by atoms with E-state index in [9.17, 15) is 18.8 Å². The maximum absolute atomic E-state index is 14.3. The van der Waals surface area contributed by atoms with Gasteiger partial charge in [-0.2, -0.15) is 0 Å². The SMILES string of the molecule is [2H][C@@]1(N2Cc3c(NCc4cccc(C)c4F)cccc3C2=O)CCC(=O)NC1=O. The lowest BCUT2D eigenvalue weighted by Gasteiger charge is -2.29. The number of piperidine rings is 1. The summed E-state index contributed by atoms with van der Waals surface area (Å²) < 4.78 is 22.8. The molecule has 0 aliphatic carbocycles. The number of rotatable bonds is 4. The van der Waals surface area contributed by atoms with Crippen LogP contribution < -0.4 is 10.6 Å². The molecule has 2 aliphatic rings. The second-order valence-corrected chi connectivity index (χ2v) is 6.95. The fourth-order valence-corrected chi connectivity index (χ4v) is 3.62. The number of hydrogen-bond donors (Lipinski definition) is 2. The molecule has 144 valence electrons. The van der Waals surface area contributed by atoms with Crippen molar-refractivity contribution in [2.45, 2.75) is 38.9 Å². The highest BCUT2D eigenvalue weighted by Crippen LogP contribution is 2.32. The van der Waals surface area contributed by atoms with Crippen molar-refractivity contribution in [3.05, 3.63) is 64.5 Å². The molecule has 0 aromatic heterocycles. The van der Waals surface area contributed by atoms with E-state index in [1.54, 1.807) is 43.3 Å². The smallest absolute Gasteiger partial charge is 0.255 e. The number of fused-ring (bicyclic) bond motifs is 1. The van der Waals surface area contributed by atoms with Crippen molar-refractivity contribution in [1.82, 2.24) is 10.2 Å². The minimum Gasteiger partial charge on any atom is -0.381 e. The van der Waals surface area contributed by atoms with Gasteiger partial charge in [-0.1, -0.05) is 24.3 Å². The van der Waals surface area contributed by atoms with E-state index < -0.39 is 23.7 Å². The van der Waals surface area contributed by atoms with Gasteiger partial charge >= 0.3 is 0 Å². The Bertz CT molecular complexity index is 1040. The van der Waals surface area contributed by atoms with Gasteiger partial charge in [0.05, 0.1) is 1.37 Å². The number of benzene rings is 2. The first-order valence-electron chi connectivity index (χ1n) is 9.57. The van der Waals surface area contributed by atoms with Crippen molar-refractivity contribution in [2.24, 2.45) is 0 Å². The standard InChI is InChI=1S/C21H20FN3O3/c1-12-4-2-5-13(19(12)22)10-23-16-7-3-6-14-15(16)11-25(21(14)28)17-8-9-18(26)24-20(17)27/h2-7,17,23H,8-11H2,1H3,(H,24,26,27)/t17-/m1/s1/i17D. The molecule has 1 fully saturated rings. The minimum absolute atomic E-state index is 0.00705. The van der Waals surface area contributed by atoms with Crippen LogP contribution in [0.2, 0.25) is 0 Å². The number of aryl methyl sites for hydroxylation is 1. The van der Waals surface area contributed by atoms with Crippen LogP contribution in [0.3, 0.4) is 0 Å². The summed E-state index contributed by atoms with van der Waals surface area (Å²) in [5.74, 6) is -1.93. The third-order valence-electron chi connectivity index (χ3n) is 5.14. The van der Waals surface area contributed by atoms with E-state index >= 15 is 0 Å². The number of imide groups is 1. The Morgan fingerprint density at radius 1 is 1.25 bits per heavy atom. The predicted octanol–water partition coefficient (Wildman–Crippen LogP) is 2.51. The zero-order valence-electron chi connectivity index (χ0n) is 16.3. The van der Waals surface area contributed by atoms with Crippen LogP contribution in [-0.4, -0.2) is 28.6 Å². The van der Waals surface area contributed by atoms with Crippen molar-refractivity contribution in [1.29, 1.82) is 0 Å². The van der Waals surface area contributed by atoms with Crippen LogP contribution >= 0.6 is 0 Å². The molecule has 3 amide bonds. The van der Waals surface area contributed by atoms with Crippen LogP contribution in [0.5, 0.6) is 0 Å². The zero-order valence-corrected chi connectivity index (χ0v) is 15.3. The lowest BCUT2D eigenvalue weighted by Crippen LogP contribution is -2.52. The van der Waals surface area contributed by atoms with E-state index in [0.717, 1.165) is 0 Å².